The summed E-state index contributed by atoms with van der Waals surface area (Å²) in [5.74, 6) is 0.588. The molecule has 3 heterocycles. The molecule has 132 valence electrons. The van der Waals surface area contributed by atoms with E-state index in [0.717, 1.165) is 5.39 Å². The molecule has 3 rings (SSSR count). The molecular formula is C14H22N6O3S. The van der Waals surface area contributed by atoms with Gasteiger partial charge in [0, 0.05) is 26.7 Å². The van der Waals surface area contributed by atoms with E-state index in [2.05, 4.69) is 20.4 Å². The number of nitrogens with one attached hydrogen (secondary N) is 1. The highest BCUT2D eigenvalue weighted by Gasteiger charge is 2.30. The molecule has 1 N–H and O–H groups in total. The topological polar surface area (TPSA) is 102 Å². The molecule has 0 saturated carbocycles. The Morgan fingerprint density at radius 3 is 2.71 bits per heavy atom. The van der Waals surface area contributed by atoms with Crippen molar-refractivity contribution < 1.29 is 13.2 Å². The first kappa shape index (κ1) is 17.1. The molecule has 9 nitrogen and oxygen atoms in total. The fourth-order valence-electron chi connectivity index (χ4n) is 2.89. The lowest BCUT2D eigenvalue weighted by molar-refractivity contribution is -0.0440. The molecule has 10 heteroatoms. The Labute approximate surface area is 141 Å². The number of nitrogens with zero attached hydrogens (tertiary/aromatic N) is 5. The standard InChI is InChI=1S/C14H22N6O3S/c1-10-7-20(8-11(2)23-10)24(21,22)5-4-15-13-12-6-18-19(3)14(12)17-9-16-13/h6,9-11H,4-5,7-8H2,1-3H3,(H,15,16,17)/t10-,11-/m1/s1. The zero-order valence-corrected chi connectivity index (χ0v) is 14.8. The smallest absolute Gasteiger partial charge is 0.216 e. The molecule has 1 fully saturated rings. The Kier molecular flexibility index (Phi) is 4.70. The molecule has 24 heavy (non-hydrogen) atoms. The van der Waals surface area contributed by atoms with Gasteiger partial charge in [-0.3, -0.25) is 4.68 Å². The second-order valence-corrected chi connectivity index (χ2v) is 8.13. The van der Waals surface area contributed by atoms with Crippen LogP contribution in [0.2, 0.25) is 0 Å². The molecule has 0 radical (unpaired) electrons. The number of rotatable bonds is 5. The number of ether oxygens (including phenoxy) is 1. The van der Waals surface area contributed by atoms with E-state index in [4.69, 9.17) is 4.74 Å². The predicted molar refractivity (Wildman–Crippen MR) is 90.2 cm³/mol. The van der Waals surface area contributed by atoms with Gasteiger partial charge in [0.25, 0.3) is 0 Å². The van der Waals surface area contributed by atoms with Gasteiger partial charge in [-0.25, -0.2) is 18.4 Å². The molecule has 1 aliphatic rings. The first-order chi connectivity index (χ1) is 11.4. The summed E-state index contributed by atoms with van der Waals surface area (Å²) in [6.07, 6.45) is 2.92. The lowest BCUT2D eigenvalue weighted by atomic mass is 10.3. The van der Waals surface area contributed by atoms with Gasteiger partial charge in [0.2, 0.25) is 10.0 Å². The third-order valence-electron chi connectivity index (χ3n) is 3.96. The van der Waals surface area contributed by atoms with Crippen LogP contribution < -0.4 is 5.32 Å². The number of sulfonamides is 1. The van der Waals surface area contributed by atoms with Gasteiger partial charge >= 0.3 is 0 Å². The summed E-state index contributed by atoms with van der Waals surface area (Å²) in [7, 11) is -1.54. The SMILES string of the molecule is C[C@@H]1CN(S(=O)(=O)CCNc2ncnc3c2cnn3C)C[C@@H](C)O1. The van der Waals surface area contributed by atoms with Crippen molar-refractivity contribution in [2.24, 2.45) is 7.05 Å². The van der Waals surface area contributed by atoms with Crippen molar-refractivity contribution in [1.29, 1.82) is 0 Å². The Morgan fingerprint density at radius 2 is 2.00 bits per heavy atom. The number of fused-ring (bicyclic) bond motifs is 1. The van der Waals surface area contributed by atoms with E-state index in [1.54, 1.807) is 17.9 Å². The summed E-state index contributed by atoms with van der Waals surface area (Å²) in [4.78, 5) is 8.33. The quantitative estimate of drug-likeness (QED) is 0.819. The molecule has 0 aromatic carbocycles. The zero-order chi connectivity index (χ0) is 17.3. The summed E-state index contributed by atoms with van der Waals surface area (Å²) in [5, 5.41) is 7.98. The number of hydrogen-bond acceptors (Lipinski definition) is 7. The van der Waals surface area contributed by atoms with Crippen molar-refractivity contribution in [3.63, 3.8) is 0 Å². The minimum Gasteiger partial charge on any atom is -0.373 e. The second kappa shape index (κ2) is 6.61. The third kappa shape index (κ3) is 3.50. The van der Waals surface area contributed by atoms with E-state index in [1.165, 1.54) is 10.6 Å². The van der Waals surface area contributed by atoms with Crippen molar-refractivity contribution in [3.05, 3.63) is 12.5 Å². The molecule has 0 aliphatic carbocycles. The minimum atomic E-state index is -3.34. The van der Waals surface area contributed by atoms with Crippen LogP contribution in [0.5, 0.6) is 0 Å². The molecule has 2 atom stereocenters. The van der Waals surface area contributed by atoms with Crippen LogP contribution in [0.3, 0.4) is 0 Å². The summed E-state index contributed by atoms with van der Waals surface area (Å²) in [6.45, 7) is 4.83. The van der Waals surface area contributed by atoms with E-state index < -0.39 is 10.0 Å². The van der Waals surface area contributed by atoms with Crippen LogP contribution in [-0.4, -0.2) is 70.1 Å². The molecule has 0 unspecified atom stereocenters. The van der Waals surface area contributed by atoms with Crippen LogP contribution in [0, 0.1) is 0 Å². The Balaban J connectivity index is 1.64. The predicted octanol–water partition coefficient (Wildman–Crippen LogP) is 0.214. The third-order valence-corrected chi connectivity index (χ3v) is 5.77. The van der Waals surface area contributed by atoms with Crippen LogP contribution in [-0.2, 0) is 21.8 Å². The van der Waals surface area contributed by atoms with Gasteiger partial charge in [-0.2, -0.15) is 9.40 Å². The van der Waals surface area contributed by atoms with Crippen LogP contribution in [0.4, 0.5) is 5.82 Å². The maximum absolute atomic E-state index is 12.5. The molecule has 2 aromatic rings. The van der Waals surface area contributed by atoms with Crippen molar-refractivity contribution in [3.8, 4) is 0 Å². The van der Waals surface area contributed by atoms with Gasteiger partial charge in [-0.15, -0.1) is 0 Å². The highest BCUT2D eigenvalue weighted by Crippen LogP contribution is 2.18. The van der Waals surface area contributed by atoms with Gasteiger partial charge in [0.15, 0.2) is 5.65 Å². The van der Waals surface area contributed by atoms with E-state index in [0.29, 0.717) is 24.6 Å². The van der Waals surface area contributed by atoms with Crippen molar-refractivity contribution in [2.75, 3.05) is 30.7 Å². The lowest BCUT2D eigenvalue weighted by Crippen LogP contribution is -2.49. The lowest BCUT2D eigenvalue weighted by Gasteiger charge is -2.34. The van der Waals surface area contributed by atoms with Crippen molar-refractivity contribution in [1.82, 2.24) is 24.1 Å². The normalized spacial score (nSPS) is 22.8. The van der Waals surface area contributed by atoms with Crippen LogP contribution in [0.1, 0.15) is 13.8 Å². The minimum absolute atomic E-state index is 0.00179. The Bertz CT molecular complexity index is 811. The fourth-order valence-corrected chi connectivity index (χ4v) is 4.38. The average molecular weight is 354 g/mol. The second-order valence-electron chi connectivity index (χ2n) is 6.04. The van der Waals surface area contributed by atoms with E-state index in [-0.39, 0.29) is 24.5 Å². The number of aryl methyl sites for hydroxylation is 1. The average Bonchev–Trinajstić information content (AvgIpc) is 2.89. The number of anilines is 1. The van der Waals surface area contributed by atoms with E-state index >= 15 is 0 Å². The summed E-state index contributed by atoms with van der Waals surface area (Å²) < 4.78 is 33.8. The van der Waals surface area contributed by atoms with Crippen molar-refractivity contribution >= 4 is 26.9 Å². The highest BCUT2D eigenvalue weighted by atomic mass is 32.2. The Hall–Kier alpha value is -1.78. The molecule has 0 amide bonds. The molecular weight excluding hydrogens is 332 g/mol. The number of morpholine rings is 1. The molecule has 0 spiro atoms. The first-order valence-corrected chi connectivity index (χ1v) is 9.47. The van der Waals surface area contributed by atoms with Gasteiger partial charge in [-0.05, 0) is 13.8 Å². The molecule has 1 saturated heterocycles. The summed E-state index contributed by atoms with van der Waals surface area (Å²) in [5.41, 5.74) is 0.700. The Morgan fingerprint density at radius 1 is 1.29 bits per heavy atom. The van der Waals surface area contributed by atoms with Gasteiger partial charge in [-0.1, -0.05) is 0 Å². The van der Waals surface area contributed by atoms with Crippen molar-refractivity contribution in [2.45, 2.75) is 26.1 Å². The van der Waals surface area contributed by atoms with Gasteiger partial charge < -0.3 is 10.1 Å². The molecule has 2 aromatic heterocycles. The summed E-state index contributed by atoms with van der Waals surface area (Å²) >= 11 is 0. The van der Waals surface area contributed by atoms with Crippen LogP contribution >= 0.6 is 0 Å². The number of aromatic nitrogens is 4. The largest absolute Gasteiger partial charge is 0.373 e. The van der Waals surface area contributed by atoms with Gasteiger partial charge in [0.05, 0.1) is 29.5 Å². The monoisotopic (exact) mass is 354 g/mol. The van der Waals surface area contributed by atoms with Gasteiger partial charge in [0.1, 0.15) is 12.1 Å². The molecule has 1 aliphatic heterocycles. The highest BCUT2D eigenvalue weighted by molar-refractivity contribution is 7.89. The first-order valence-electron chi connectivity index (χ1n) is 7.86. The number of hydrogen-bond donors (Lipinski definition) is 1. The van der Waals surface area contributed by atoms with Crippen LogP contribution in [0.25, 0.3) is 11.0 Å². The summed E-state index contributed by atoms with van der Waals surface area (Å²) in [6, 6.07) is 0. The van der Waals surface area contributed by atoms with Crippen LogP contribution in [0.15, 0.2) is 12.5 Å². The van der Waals surface area contributed by atoms with E-state index in [1.807, 2.05) is 13.8 Å². The fraction of sp³-hybridized carbons (Fsp3) is 0.643. The maximum Gasteiger partial charge on any atom is 0.216 e. The van der Waals surface area contributed by atoms with E-state index in [9.17, 15) is 8.42 Å². The maximum atomic E-state index is 12.5. The molecule has 0 bridgehead atoms. The zero-order valence-electron chi connectivity index (χ0n) is 14.0.